The molecule has 0 radical (unpaired) electrons. The maximum absolute atomic E-state index is 12.2. The SMILES string of the molecule is CS(=O)(=O)c1ccc(Cl)c(C(=O)Oc2cccc(Cl)c2Cl)c1. The van der Waals surface area contributed by atoms with Crippen LogP contribution in [0.3, 0.4) is 0 Å². The molecule has 8 heteroatoms. The van der Waals surface area contributed by atoms with Crippen molar-refractivity contribution in [2.24, 2.45) is 0 Å². The molecule has 0 aliphatic rings. The normalized spacial score (nSPS) is 11.3. The van der Waals surface area contributed by atoms with E-state index in [-0.39, 0.29) is 31.3 Å². The predicted molar refractivity (Wildman–Crippen MR) is 86.0 cm³/mol. The number of ether oxygens (including phenoxy) is 1. The van der Waals surface area contributed by atoms with Crippen LogP contribution in [0.4, 0.5) is 0 Å². The first-order valence-electron chi connectivity index (χ1n) is 5.86. The highest BCUT2D eigenvalue weighted by Gasteiger charge is 2.18. The number of halogens is 3. The second kappa shape index (κ2) is 6.46. The van der Waals surface area contributed by atoms with Crippen molar-refractivity contribution in [3.8, 4) is 5.75 Å². The average Bonchev–Trinajstić information content (AvgIpc) is 2.43. The minimum atomic E-state index is -3.48. The third kappa shape index (κ3) is 3.73. The average molecular weight is 380 g/mol. The molecule has 0 saturated heterocycles. The first kappa shape index (κ1) is 17.1. The molecule has 0 atom stereocenters. The number of sulfone groups is 1. The van der Waals surface area contributed by atoms with Crippen LogP contribution in [0.15, 0.2) is 41.3 Å². The fraction of sp³-hybridized carbons (Fsp3) is 0.0714. The van der Waals surface area contributed by atoms with Gasteiger partial charge < -0.3 is 4.74 Å². The molecule has 0 fully saturated rings. The third-order valence-corrected chi connectivity index (χ3v) is 4.95. The van der Waals surface area contributed by atoms with Crippen LogP contribution in [-0.4, -0.2) is 20.6 Å². The van der Waals surface area contributed by atoms with Crippen molar-refractivity contribution in [1.82, 2.24) is 0 Å². The summed E-state index contributed by atoms with van der Waals surface area (Å²) in [6, 6.07) is 8.33. The Morgan fingerprint density at radius 1 is 1.05 bits per heavy atom. The van der Waals surface area contributed by atoms with E-state index in [0.29, 0.717) is 0 Å². The van der Waals surface area contributed by atoms with Gasteiger partial charge in [-0.15, -0.1) is 0 Å². The molecule has 0 spiro atoms. The molecule has 2 aromatic rings. The van der Waals surface area contributed by atoms with E-state index in [1.54, 1.807) is 12.1 Å². The van der Waals surface area contributed by atoms with Crippen LogP contribution in [0, 0.1) is 0 Å². The summed E-state index contributed by atoms with van der Waals surface area (Å²) in [4.78, 5) is 12.1. The summed E-state index contributed by atoms with van der Waals surface area (Å²) in [6.07, 6.45) is 1.03. The van der Waals surface area contributed by atoms with Gasteiger partial charge in [0.15, 0.2) is 15.6 Å². The summed E-state index contributed by atoms with van der Waals surface area (Å²) >= 11 is 17.7. The lowest BCUT2D eigenvalue weighted by molar-refractivity contribution is 0.0735. The first-order valence-corrected chi connectivity index (χ1v) is 8.88. The van der Waals surface area contributed by atoms with Gasteiger partial charge in [0.1, 0.15) is 5.02 Å². The number of hydrogen-bond acceptors (Lipinski definition) is 4. The number of hydrogen-bond donors (Lipinski definition) is 0. The summed E-state index contributed by atoms with van der Waals surface area (Å²) in [5.74, 6) is -0.778. The van der Waals surface area contributed by atoms with E-state index in [1.807, 2.05) is 0 Å². The van der Waals surface area contributed by atoms with E-state index in [1.165, 1.54) is 18.2 Å². The van der Waals surface area contributed by atoms with Gasteiger partial charge in [0, 0.05) is 6.26 Å². The molecule has 116 valence electrons. The van der Waals surface area contributed by atoms with Gasteiger partial charge in [0.2, 0.25) is 0 Å². The molecule has 22 heavy (non-hydrogen) atoms. The highest BCUT2D eigenvalue weighted by molar-refractivity contribution is 7.90. The monoisotopic (exact) mass is 378 g/mol. The molecule has 0 bridgehead atoms. The van der Waals surface area contributed by atoms with Crippen LogP contribution in [0.2, 0.25) is 15.1 Å². The Kier molecular flexibility index (Phi) is 5.02. The zero-order valence-corrected chi connectivity index (χ0v) is 14.2. The Morgan fingerprint density at radius 2 is 1.73 bits per heavy atom. The molecule has 0 N–H and O–H groups in total. The summed E-state index contributed by atoms with van der Waals surface area (Å²) in [5.41, 5.74) is -0.0827. The zero-order chi connectivity index (χ0) is 16.5. The highest BCUT2D eigenvalue weighted by Crippen LogP contribution is 2.32. The summed E-state index contributed by atoms with van der Waals surface area (Å²) in [7, 11) is -3.48. The summed E-state index contributed by atoms with van der Waals surface area (Å²) in [5, 5.41) is 0.367. The van der Waals surface area contributed by atoms with E-state index in [2.05, 4.69) is 0 Å². The summed E-state index contributed by atoms with van der Waals surface area (Å²) in [6.45, 7) is 0. The first-order chi connectivity index (χ1) is 10.2. The number of rotatable bonds is 3. The zero-order valence-electron chi connectivity index (χ0n) is 11.1. The van der Waals surface area contributed by atoms with Crippen LogP contribution in [0.25, 0.3) is 0 Å². The molecule has 0 aliphatic heterocycles. The van der Waals surface area contributed by atoms with Gasteiger partial charge in [0.05, 0.1) is 20.5 Å². The maximum Gasteiger partial charge on any atom is 0.345 e. The quantitative estimate of drug-likeness (QED) is 0.590. The number of carbonyl (C=O) groups is 1. The molecule has 0 heterocycles. The Hall–Kier alpha value is -1.27. The topological polar surface area (TPSA) is 60.4 Å². The standard InChI is InChI=1S/C14H9Cl3O4S/c1-22(19,20)8-5-6-10(15)9(7-8)14(18)21-12-4-2-3-11(16)13(12)17/h2-7H,1H3. The van der Waals surface area contributed by atoms with Crippen molar-refractivity contribution >= 4 is 50.6 Å². The van der Waals surface area contributed by atoms with Crippen molar-refractivity contribution in [2.45, 2.75) is 4.90 Å². The lowest BCUT2D eigenvalue weighted by Crippen LogP contribution is -2.11. The number of carbonyl (C=O) groups excluding carboxylic acids is 1. The molecule has 0 aromatic heterocycles. The Bertz CT molecular complexity index is 847. The van der Waals surface area contributed by atoms with Crippen molar-refractivity contribution in [3.05, 3.63) is 57.0 Å². The van der Waals surface area contributed by atoms with E-state index in [9.17, 15) is 13.2 Å². The van der Waals surface area contributed by atoms with Gasteiger partial charge in [-0.3, -0.25) is 0 Å². The van der Waals surface area contributed by atoms with Gasteiger partial charge in [0.25, 0.3) is 0 Å². The minimum absolute atomic E-state index is 0.0407. The molecule has 0 amide bonds. The largest absolute Gasteiger partial charge is 0.421 e. The maximum atomic E-state index is 12.2. The fourth-order valence-corrected chi connectivity index (χ4v) is 2.78. The highest BCUT2D eigenvalue weighted by atomic mass is 35.5. The second-order valence-corrected chi connectivity index (χ2v) is 7.56. The Morgan fingerprint density at radius 3 is 2.36 bits per heavy atom. The van der Waals surface area contributed by atoms with Crippen LogP contribution in [0.1, 0.15) is 10.4 Å². The Labute approximate surface area is 142 Å². The lowest BCUT2D eigenvalue weighted by atomic mass is 10.2. The molecule has 2 rings (SSSR count). The van der Waals surface area contributed by atoms with E-state index in [4.69, 9.17) is 39.5 Å². The molecule has 2 aromatic carbocycles. The fourth-order valence-electron chi connectivity index (χ4n) is 1.61. The van der Waals surface area contributed by atoms with Gasteiger partial charge in [-0.25, -0.2) is 13.2 Å². The third-order valence-electron chi connectivity index (χ3n) is 2.70. The van der Waals surface area contributed by atoms with Crippen LogP contribution in [0.5, 0.6) is 5.75 Å². The van der Waals surface area contributed by atoms with Crippen molar-refractivity contribution < 1.29 is 17.9 Å². The predicted octanol–water partition coefficient (Wildman–Crippen LogP) is 4.27. The van der Waals surface area contributed by atoms with Gasteiger partial charge in [-0.2, -0.15) is 0 Å². The lowest BCUT2D eigenvalue weighted by Gasteiger charge is -2.09. The van der Waals surface area contributed by atoms with Crippen LogP contribution < -0.4 is 4.74 Å². The van der Waals surface area contributed by atoms with Crippen molar-refractivity contribution in [1.29, 1.82) is 0 Å². The van der Waals surface area contributed by atoms with Gasteiger partial charge in [-0.1, -0.05) is 40.9 Å². The number of esters is 1. The molecule has 0 unspecified atom stereocenters. The van der Waals surface area contributed by atoms with E-state index < -0.39 is 15.8 Å². The van der Waals surface area contributed by atoms with Crippen LogP contribution in [-0.2, 0) is 9.84 Å². The van der Waals surface area contributed by atoms with Crippen molar-refractivity contribution in [2.75, 3.05) is 6.26 Å². The second-order valence-electron chi connectivity index (χ2n) is 4.36. The molecule has 0 saturated carbocycles. The van der Waals surface area contributed by atoms with Gasteiger partial charge in [-0.05, 0) is 30.3 Å². The molecular formula is C14H9Cl3O4S. The van der Waals surface area contributed by atoms with E-state index in [0.717, 1.165) is 12.3 Å². The smallest absolute Gasteiger partial charge is 0.345 e. The summed E-state index contributed by atoms with van der Waals surface area (Å²) < 4.78 is 28.2. The van der Waals surface area contributed by atoms with E-state index >= 15 is 0 Å². The number of benzene rings is 2. The Balaban J connectivity index is 2.40. The molecule has 0 aliphatic carbocycles. The molecular weight excluding hydrogens is 371 g/mol. The van der Waals surface area contributed by atoms with Crippen LogP contribution >= 0.6 is 34.8 Å². The minimum Gasteiger partial charge on any atom is -0.421 e. The van der Waals surface area contributed by atoms with Gasteiger partial charge >= 0.3 is 5.97 Å². The molecule has 4 nitrogen and oxygen atoms in total. The van der Waals surface area contributed by atoms with Crippen molar-refractivity contribution in [3.63, 3.8) is 0 Å².